The van der Waals surface area contributed by atoms with Crippen LogP contribution in [0.5, 0.6) is 0 Å². The molecule has 2 bridgehead atoms. The van der Waals surface area contributed by atoms with E-state index in [-0.39, 0.29) is 17.2 Å². The van der Waals surface area contributed by atoms with Crippen molar-refractivity contribution >= 4 is 22.4 Å². The number of nitrogens with one attached hydrogen (secondary N) is 2. The molecule has 5 rings (SSSR count). The molecule has 0 spiro atoms. The molecular weight excluding hydrogens is 348 g/mol. The van der Waals surface area contributed by atoms with Gasteiger partial charge in [-0.1, -0.05) is 26.0 Å². The summed E-state index contributed by atoms with van der Waals surface area (Å²) in [6, 6.07) is 0.521. The van der Waals surface area contributed by atoms with Crippen LogP contribution in [0.2, 0.25) is 0 Å². The third-order valence-electron chi connectivity index (χ3n) is 5.77. The molecule has 3 aliphatic heterocycles. The number of hydrogen-bond donors (Lipinski definition) is 2. The lowest BCUT2D eigenvalue weighted by Crippen LogP contribution is -3.20. The van der Waals surface area contributed by atoms with Gasteiger partial charge < -0.3 is 10.2 Å². The van der Waals surface area contributed by atoms with Crippen molar-refractivity contribution in [3.8, 4) is 0 Å². The maximum absolute atomic E-state index is 12.6. The Hall–Kier alpha value is -1.80. The van der Waals surface area contributed by atoms with Crippen molar-refractivity contribution in [1.29, 1.82) is 0 Å². The molecule has 0 saturated carbocycles. The van der Waals surface area contributed by atoms with Crippen LogP contribution in [0, 0.1) is 11.8 Å². The number of thiazole rings is 1. The molecule has 2 N–H and O–H groups in total. The zero-order valence-electron chi connectivity index (χ0n) is 15.6. The second-order valence-electron chi connectivity index (χ2n) is 8.60. The molecule has 140 valence electrons. The molecule has 1 amide bonds. The highest BCUT2D eigenvalue weighted by Gasteiger charge is 2.46. The highest BCUT2D eigenvalue weighted by Crippen LogP contribution is 2.29. The molecule has 3 fully saturated rings. The average molecular weight is 376 g/mol. The van der Waals surface area contributed by atoms with Crippen molar-refractivity contribution in [3.63, 3.8) is 0 Å². The van der Waals surface area contributed by atoms with Crippen molar-refractivity contribution in [3.05, 3.63) is 23.5 Å². The van der Waals surface area contributed by atoms with Gasteiger partial charge in [0, 0.05) is 36.0 Å². The average Bonchev–Trinajstić information content (AvgIpc) is 3.27. The van der Waals surface area contributed by atoms with E-state index in [0.29, 0.717) is 17.1 Å². The molecule has 2 aromatic rings. The Balaban J connectivity index is 1.39. The summed E-state index contributed by atoms with van der Waals surface area (Å²) >= 11 is 1.47. The van der Waals surface area contributed by atoms with E-state index < -0.39 is 0 Å². The highest BCUT2D eigenvalue weighted by atomic mass is 32.1. The van der Waals surface area contributed by atoms with Gasteiger partial charge in [-0.15, -0.1) is 16.4 Å². The van der Waals surface area contributed by atoms with E-state index in [1.807, 2.05) is 10.1 Å². The SMILES string of the molecule is CC(C)(C)c1cn(C[C@H]2C[C@@H]3CC[NH+]2C[C@@H]3C(=O)Nc2nccs2)nn1. The van der Waals surface area contributed by atoms with E-state index in [2.05, 4.69) is 47.6 Å². The van der Waals surface area contributed by atoms with Gasteiger partial charge >= 0.3 is 0 Å². The second-order valence-corrected chi connectivity index (χ2v) is 9.50. The Labute approximate surface area is 157 Å². The fraction of sp³-hybridized carbons (Fsp3) is 0.667. The van der Waals surface area contributed by atoms with Gasteiger partial charge in [-0.05, 0) is 5.92 Å². The minimum atomic E-state index is 0.0238. The van der Waals surface area contributed by atoms with Crippen molar-refractivity contribution in [2.45, 2.75) is 51.6 Å². The third kappa shape index (κ3) is 3.53. The summed E-state index contributed by atoms with van der Waals surface area (Å²) in [5, 5.41) is 14.2. The summed E-state index contributed by atoms with van der Waals surface area (Å²) in [5.41, 5.74) is 1.06. The van der Waals surface area contributed by atoms with Crippen molar-refractivity contribution in [2.24, 2.45) is 11.8 Å². The van der Waals surface area contributed by atoms with E-state index >= 15 is 0 Å². The van der Waals surface area contributed by atoms with Gasteiger partial charge in [-0.25, -0.2) is 9.67 Å². The normalized spacial score (nSPS) is 28.3. The number of anilines is 1. The van der Waals surface area contributed by atoms with Gasteiger partial charge in [0.25, 0.3) is 0 Å². The minimum absolute atomic E-state index is 0.0238. The minimum Gasteiger partial charge on any atom is -0.330 e. The summed E-state index contributed by atoms with van der Waals surface area (Å²) in [6.45, 7) is 9.42. The quantitative estimate of drug-likeness (QED) is 0.835. The Morgan fingerprint density at radius 2 is 2.31 bits per heavy atom. The molecule has 4 atom stereocenters. The number of carbonyl (C=O) groups excluding carboxylic acids is 1. The molecule has 26 heavy (non-hydrogen) atoms. The van der Waals surface area contributed by atoms with Gasteiger partial charge in [0.05, 0.1) is 31.2 Å². The fourth-order valence-corrected chi connectivity index (χ4v) is 4.79. The summed E-state index contributed by atoms with van der Waals surface area (Å²) < 4.78 is 1.99. The van der Waals surface area contributed by atoms with Crippen molar-refractivity contribution < 1.29 is 9.69 Å². The van der Waals surface area contributed by atoms with Gasteiger partial charge in [-0.2, -0.15) is 0 Å². The van der Waals surface area contributed by atoms with Crippen LogP contribution in [0.4, 0.5) is 5.13 Å². The standard InChI is InChI=1S/C18H26N6OS/c1-18(2,3)15-11-24(22-21-15)9-13-8-12-4-6-23(13)10-14(12)16(25)20-17-19-5-7-26-17/h5,7,11-14H,4,6,8-10H2,1-3H3,(H,19,20,25)/p+1/t12-,13+,14-/m0/s1. The highest BCUT2D eigenvalue weighted by molar-refractivity contribution is 7.13. The Bertz CT molecular complexity index is 765. The maximum atomic E-state index is 12.6. The van der Waals surface area contributed by atoms with Gasteiger partial charge in [0.1, 0.15) is 6.04 Å². The van der Waals surface area contributed by atoms with Crippen LogP contribution in [0.25, 0.3) is 0 Å². The molecular formula is C18H27N6OS+. The van der Waals surface area contributed by atoms with Crippen molar-refractivity contribution in [1.82, 2.24) is 20.0 Å². The number of piperidine rings is 3. The summed E-state index contributed by atoms with van der Waals surface area (Å²) in [4.78, 5) is 18.3. The zero-order valence-corrected chi connectivity index (χ0v) is 16.4. The lowest BCUT2D eigenvalue weighted by atomic mass is 9.75. The molecule has 0 aliphatic carbocycles. The Kier molecular flexibility index (Phi) is 4.56. The predicted molar refractivity (Wildman–Crippen MR) is 100 cm³/mol. The third-order valence-corrected chi connectivity index (χ3v) is 6.45. The first-order valence-electron chi connectivity index (χ1n) is 9.35. The predicted octanol–water partition coefficient (Wildman–Crippen LogP) is 0.964. The molecule has 7 nitrogen and oxygen atoms in total. The summed E-state index contributed by atoms with van der Waals surface area (Å²) in [7, 11) is 0. The molecule has 1 unspecified atom stereocenters. The van der Waals surface area contributed by atoms with Crippen LogP contribution < -0.4 is 10.2 Å². The molecule has 8 heteroatoms. The number of amides is 1. The topological polar surface area (TPSA) is 77.1 Å². The number of fused-ring (bicyclic) bond motifs is 3. The largest absolute Gasteiger partial charge is 0.330 e. The number of carbonyl (C=O) groups is 1. The maximum Gasteiger partial charge on any atom is 0.235 e. The zero-order chi connectivity index (χ0) is 18.3. The number of aromatic nitrogens is 4. The van der Waals surface area contributed by atoms with Gasteiger partial charge in [0.15, 0.2) is 5.13 Å². The Morgan fingerprint density at radius 1 is 1.46 bits per heavy atom. The Morgan fingerprint density at radius 3 is 2.92 bits per heavy atom. The number of nitrogens with zero attached hydrogens (tertiary/aromatic N) is 4. The van der Waals surface area contributed by atoms with Gasteiger partial charge in [-0.3, -0.25) is 4.79 Å². The van der Waals surface area contributed by atoms with Crippen LogP contribution in [-0.4, -0.2) is 45.0 Å². The van der Waals surface area contributed by atoms with E-state index in [9.17, 15) is 4.79 Å². The fourth-order valence-electron chi connectivity index (χ4n) is 4.26. The van der Waals surface area contributed by atoms with E-state index in [4.69, 9.17) is 0 Å². The molecule has 5 heterocycles. The number of hydrogen-bond acceptors (Lipinski definition) is 5. The van der Waals surface area contributed by atoms with Crippen LogP contribution in [-0.2, 0) is 16.8 Å². The first-order chi connectivity index (χ1) is 12.4. The molecule has 0 aromatic carbocycles. The number of rotatable bonds is 4. The monoisotopic (exact) mass is 375 g/mol. The lowest BCUT2D eigenvalue weighted by molar-refractivity contribution is -0.945. The molecule has 2 aromatic heterocycles. The first kappa shape index (κ1) is 17.6. The molecule has 0 radical (unpaired) electrons. The molecule has 3 aliphatic rings. The smallest absolute Gasteiger partial charge is 0.235 e. The second kappa shape index (κ2) is 6.74. The summed E-state index contributed by atoms with van der Waals surface area (Å²) in [6.07, 6.45) is 6.01. The van der Waals surface area contributed by atoms with Crippen LogP contribution >= 0.6 is 11.3 Å². The first-order valence-corrected chi connectivity index (χ1v) is 10.2. The number of quaternary nitrogens is 1. The lowest BCUT2D eigenvalue weighted by Gasteiger charge is -2.46. The van der Waals surface area contributed by atoms with Crippen LogP contribution in [0.3, 0.4) is 0 Å². The van der Waals surface area contributed by atoms with Crippen molar-refractivity contribution in [2.75, 3.05) is 18.4 Å². The van der Waals surface area contributed by atoms with E-state index in [0.717, 1.165) is 38.2 Å². The van der Waals surface area contributed by atoms with Crippen LogP contribution in [0.1, 0.15) is 39.3 Å². The summed E-state index contributed by atoms with van der Waals surface area (Å²) in [5.74, 6) is 0.694. The van der Waals surface area contributed by atoms with E-state index in [1.165, 1.54) is 16.2 Å². The molecule has 3 saturated heterocycles. The van der Waals surface area contributed by atoms with E-state index in [1.54, 1.807) is 6.20 Å². The van der Waals surface area contributed by atoms with Gasteiger partial charge in [0.2, 0.25) is 5.91 Å². The van der Waals surface area contributed by atoms with Crippen LogP contribution in [0.15, 0.2) is 17.8 Å².